The van der Waals surface area contributed by atoms with Gasteiger partial charge in [-0.25, -0.2) is 0 Å². The summed E-state index contributed by atoms with van der Waals surface area (Å²) in [6.45, 7) is 6.13. The van der Waals surface area contributed by atoms with Gasteiger partial charge >= 0.3 is 0 Å². The van der Waals surface area contributed by atoms with Gasteiger partial charge in [0.25, 0.3) is 0 Å². The van der Waals surface area contributed by atoms with E-state index in [0.717, 1.165) is 30.7 Å². The van der Waals surface area contributed by atoms with E-state index in [1.54, 1.807) is 17.9 Å². The second kappa shape index (κ2) is 5.04. The second-order valence-corrected chi connectivity index (χ2v) is 4.17. The normalized spacial score (nSPS) is 19.1. The molecule has 1 unspecified atom stereocenters. The lowest BCUT2D eigenvalue weighted by molar-refractivity contribution is -0.134. The Morgan fingerprint density at radius 3 is 3.00 bits per heavy atom. The molecule has 1 saturated heterocycles. The first-order valence-corrected chi connectivity index (χ1v) is 5.87. The van der Waals surface area contributed by atoms with E-state index in [9.17, 15) is 4.79 Å². The van der Waals surface area contributed by atoms with Crippen LogP contribution in [0.15, 0.2) is 30.8 Å². The maximum atomic E-state index is 11.4. The number of likely N-dealkylation sites (tertiary alicyclic amines) is 1. The second-order valence-electron chi connectivity index (χ2n) is 4.17. The molecule has 1 fully saturated rings. The number of rotatable bonds is 3. The molecule has 0 bridgehead atoms. The van der Waals surface area contributed by atoms with Crippen molar-refractivity contribution in [2.75, 3.05) is 6.54 Å². The maximum Gasteiger partial charge on any atom is 0.222 e. The summed E-state index contributed by atoms with van der Waals surface area (Å²) >= 11 is 0. The molecule has 0 aromatic heterocycles. The van der Waals surface area contributed by atoms with E-state index in [0.29, 0.717) is 0 Å². The van der Waals surface area contributed by atoms with Crippen molar-refractivity contribution in [3.05, 3.63) is 36.4 Å². The Labute approximate surface area is 102 Å². The number of amides is 1. The fraction of sp³-hybridized carbons (Fsp3) is 0.357. The van der Waals surface area contributed by atoms with Gasteiger partial charge in [0.05, 0.1) is 0 Å². The van der Waals surface area contributed by atoms with Crippen molar-refractivity contribution in [2.24, 2.45) is 0 Å². The SMILES string of the molecule is C=Cc1ccccc1OC1CCCN1C(C)=O. The first-order valence-electron chi connectivity index (χ1n) is 5.87. The minimum absolute atomic E-state index is 0.0728. The lowest BCUT2D eigenvalue weighted by Gasteiger charge is -2.24. The lowest BCUT2D eigenvalue weighted by Crippen LogP contribution is -2.37. The molecule has 1 atom stereocenters. The summed E-state index contributed by atoms with van der Waals surface area (Å²) in [6.07, 6.45) is 3.53. The van der Waals surface area contributed by atoms with Crippen molar-refractivity contribution in [3.63, 3.8) is 0 Å². The molecule has 3 nitrogen and oxygen atoms in total. The highest BCUT2D eigenvalue weighted by molar-refractivity contribution is 5.73. The molecule has 3 heteroatoms. The van der Waals surface area contributed by atoms with Crippen LogP contribution in [-0.2, 0) is 4.79 Å². The molecule has 1 amide bonds. The van der Waals surface area contributed by atoms with Crippen molar-refractivity contribution in [1.82, 2.24) is 4.90 Å². The van der Waals surface area contributed by atoms with Crippen LogP contribution in [-0.4, -0.2) is 23.6 Å². The summed E-state index contributed by atoms with van der Waals surface area (Å²) in [5, 5.41) is 0. The van der Waals surface area contributed by atoms with Crippen LogP contribution < -0.4 is 4.74 Å². The highest BCUT2D eigenvalue weighted by atomic mass is 16.5. The third-order valence-electron chi connectivity index (χ3n) is 3.00. The average Bonchev–Trinajstić information content (AvgIpc) is 2.78. The van der Waals surface area contributed by atoms with E-state index in [1.807, 2.05) is 24.3 Å². The van der Waals surface area contributed by atoms with Gasteiger partial charge in [-0.2, -0.15) is 0 Å². The maximum absolute atomic E-state index is 11.4. The van der Waals surface area contributed by atoms with E-state index in [-0.39, 0.29) is 12.1 Å². The van der Waals surface area contributed by atoms with Crippen LogP contribution in [0.3, 0.4) is 0 Å². The Hall–Kier alpha value is -1.77. The highest BCUT2D eigenvalue weighted by Gasteiger charge is 2.28. The zero-order chi connectivity index (χ0) is 12.3. The van der Waals surface area contributed by atoms with E-state index < -0.39 is 0 Å². The lowest BCUT2D eigenvalue weighted by atomic mass is 10.2. The number of hydrogen-bond donors (Lipinski definition) is 0. The van der Waals surface area contributed by atoms with Gasteiger partial charge in [0.15, 0.2) is 6.23 Å². The smallest absolute Gasteiger partial charge is 0.222 e. The zero-order valence-electron chi connectivity index (χ0n) is 10.1. The number of carbonyl (C=O) groups is 1. The van der Waals surface area contributed by atoms with E-state index in [2.05, 4.69) is 6.58 Å². The Kier molecular flexibility index (Phi) is 3.47. The number of nitrogens with zero attached hydrogens (tertiary/aromatic N) is 1. The van der Waals surface area contributed by atoms with Crippen LogP contribution in [0.4, 0.5) is 0 Å². The summed E-state index contributed by atoms with van der Waals surface area (Å²) in [6, 6.07) is 7.74. The van der Waals surface area contributed by atoms with Gasteiger partial charge in [-0.3, -0.25) is 4.79 Å². The summed E-state index contributed by atoms with van der Waals surface area (Å²) in [5.41, 5.74) is 0.961. The molecule has 0 spiro atoms. The van der Waals surface area contributed by atoms with Crippen LogP contribution in [0.5, 0.6) is 5.75 Å². The summed E-state index contributed by atoms with van der Waals surface area (Å²) in [4.78, 5) is 13.2. The van der Waals surface area contributed by atoms with Crippen molar-refractivity contribution >= 4 is 12.0 Å². The number of hydrogen-bond acceptors (Lipinski definition) is 2. The summed E-state index contributed by atoms with van der Waals surface area (Å²) < 4.78 is 5.91. The molecule has 0 saturated carbocycles. The first kappa shape index (κ1) is 11.7. The molecular weight excluding hydrogens is 214 g/mol. The van der Waals surface area contributed by atoms with Gasteiger partial charge in [-0.05, 0) is 12.5 Å². The molecule has 1 aromatic carbocycles. The standard InChI is InChI=1S/C14H17NO2/c1-3-12-7-4-5-8-13(12)17-14-9-6-10-15(14)11(2)16/h3-5,7-8,14H,1,6,9-10H2,2H3. The molecular formula is C14H17NO2. The van der Waals surface area contributed by atoms with Crippen LogP contribution >= 0.6 is 0 Å². The number of ether oxygens (including phenoxy) is 1. The van der Waals surface area contributed by atoms with Crippen LogP contribution in [0.25, 0.3) is 6.08 Å². The zero-order valence-corrected chi connectivity index (χ0v) is 10.1. The predicted octanol–water partition coefficient (Wildman–Crippen LogP) is 2.68. The molecule has 0 N–H and O–H groups in total. The van der Waals surface area contributed by atoms with Crippen molar-refractivity contribution in [2.45, 2.75) is 26.0 Å². The molecule has 17 heavy (non-hydrogen) atoms. The topological polar surface area (TPSA) is 29.5 Å². The van der Waals surface area contributed by atoms with Crippen LogP contribution in [0, 0.1) is 0 Å². The number of carbonyl (C=O) groups excluding carboxylic acids is 1. The van der Waals surface area contributed by atoms with E-state index in [1.165, 1.54) is 0 Å². The minimum Gasteiger partial charge on any atom is -0.470 e. The fourth-order valence-electron chi connectivity index (χ4n) is 2.12. The third kappa shape index (κ3) is 2.49. The van der Waals surface area contributed by atoms with Gasteiger partial charge in [0.1, 0.15) is 5.75 Å². The molecule has 0 radical (unpaired) electrons. The van der Waals surface area contributed by atoms with Gasteiger partial charge in [-0.1, -0.05) is 30.9 Å². The molecule has 1 aliphatic heterocycles. The van der Waals surface area contributed by atoms with Crippen molar-refractivity contribution < 1.29 is 9.53 Å². The highest BCUT2D eigenvalue weighted by Crippen LogP contribution is 2.25. The average molecular weight is 231 g/mol. The summed E-state index contributed by atoms with van der Waals surface area (Å²) in [5.74, 6) is 0.865. The number of benzene rings is 1. The van der Waals surface area contributed by atoms with Crippen molar-refractivity contribution in [1.29, 1.82) is 0 Å². The van der Waals surface area contributed by atoms with Gasteiger partial charge < -0.3 is 9.64 Å². The third-order valence-corrected chi connectivity index (χ3v) is 3.00. The molecule has 0 aliphatic carbocycles. The molecule has 1 heterocycles. The Morgan fingerprint density at radius 1 is 1.53 bits per heavy atom. The first-order chi connectivity index (χ1) is 8.22. The molecule has 2 rings (SSSR count). The fourth-order valence-corrected chi connectivity index (χ4v) is 2.12. The van der Waals surface area contributed by atoms with E-state index in [4.69, 9.17) is 4.74 Å². The predicted molar refractivity (Wildman–Crippen MR) is 67.6 cm³/mol. The van der Waals surface area contributed by atoms with Crippen molar-refractivity contribution in [3.8, 4) is 5.75 Å². The summed E-state index contributed by atoms with van der Waals surface area (Å²) in [7, 11) is 0. The van der Waals surface area contributed by atoms with Gasteiger partial charge in [0, 0.05) is 25.5 Å². The Bertz CT molecular complexity index is 428. The molecule has 1 aromatic rings. The van der Waals surface area contributed by atoms with E-state index >= 15 is 0 Å². The largest absolute Gasteiger partial charge is 0.470 e. The Balaban J connectivity index is 2.15. The molecule has 90 valence electrons. The monoisotopic (exact) mass is 231 g/mol. The van der Waals surface area contributed by atoms with Crippen LogP contribution in [0.2, 0.25) is 0 Å². The minimum atomic E-state index is -0.131. The Morgan fingerprint density at radius 2 is 2.29 bits per heavy atom. The number of para-hydroxylation sites is 1. The van der Waals surface area contributed by atoms with Crippen LogP contribution in [0.1, 0.15) is 25.3 Å². The van der Waals surface area contributed by atoms with Gasteiger partial charge in [-0.15, -0.1) is 0 Å². The molecule has 1 aliphatic rings. The van der Waals surface area contributed by atoms with Gasteiger partial charge in [0.2, 0.25) is 5.91 Å². The quantitative estimate of drug-likeness (QED) is 0.800.